The second-order valence-electron chi connectivity index (χ2n) is 2.96. The lowest BCUT2D eigenvalue weighted by atomic mass is 10.1. The minimum absolute atomic E-state index is 0.543. The van der Waals surface area contributed by atoms with Gasteiger partial charge in [-0.1, -0.05) is 18.1 Å². The van der Waals surface area contributed by atoms with Crippen molar-refractivity contribution in [2.75, 3.05) is 11.9 Å². The van der Waals surface area contributed by atoms with Crippen molar-refractivity contribution in [3.05, 3.63) is 36.7 Å². The van der Waals surface area contributed by atoms with Crippen molar-refractivity contribution in [3.63, 3.8) is 0 Å². The predicted molar refractivity (Wildman–Crippen MR) is 59.1 cm³/mol. The molecular formula is C12H10N2. The molecule has 0 amide bonds. The first-order chi connectivity index (χ1) is 6.92. The molecule has 0 saturated carbocycles. The highest BCUT2D eigenvalue weighted by Gasteiger charge is 1.97. The van der Waals surface area contributed by atoms with E-state index in [2.05, 4.69) is 16.2 Å². The number of rotatable bonds is 2. The van der Waals surface area contributed by atoms with Gasteiger partial charge in [-0.25, -0.2) is 0 Å². The molecule has 0 atom stereocenters. The van der Waals surface area contributed by atoms with Crippen LogP contribution in [0.5, 0.6) is 0 Å². The Labute approximate surface area is 83.0 Å². The van der Waals surface area contributed by atoms with Crippen LogP contribution >= 0.6 is 0 Å². The summed E-state index contributed by atoms with van der Waals surface area (Å²) in [7, 11) is 0. The Hall–Kier alpha value is -2.01. The molecule has 0 unspecified atom stereocenters. The van der Waals surface area contributed by atoms with Crippen LogP contribution in [-0.2, 0) is 0 Å². The van der Waals surface area contributed by atoms with E-state index in [0.29, 0.717) is 6.54 Å². The highest BCUT2D eigenvalue weighted by molar-refractivity contribution is 5.93. The van der Waals surface area contributed by atoms with Gasteiger partial charge in [-0.05, 0) is 12.1 Å². The second-order valence-corrected chi connectivity index (χ2v) is 2.96. The number of hydrogen-bond acceptors (Lipinski definition) is 2. The molecule has 0 aliphatic carbocycles. The van der Waals surface area contributed by atoms with Gasteiger partial charge in [0.15, 0.2) is 0 Å². The van der Waals surface area contributed by atoms with Crippen LogP contribution in [0.3, 0.4) is 0 Å². The smallest absolute Gasteiger partial charge is 0.0763 e. The molecule has 2 heteroatoms. The van der Waals surface area contributed by atoms with Gasteiger partial charge < -0.3 is 5.32 Å². The zero-order chi connectivity index (χ0) is 9.80. The number of benzene rings is 1. The van der Waals surface area contributed by atoms with E-state index in [0.717, 1.165) is 16.5 Å². The van der Waals surface area contributed by atoms with Crippen LogP contribution in [-0.4, -0.2) is 11.5 Å². The number of nitrogens with zero attached hydrogens (tertiary/aromatic N) is 1. The molecule has 14 heavy (non-hydrogen) atoms. The molecule has 2 nitrogen and oxygen atoms in total. The fourth-order valence-electron chi connectivity index (χ4n) is 1.42. The number of anilines is 1. The number of hydrogen-bond donors (Lipinski definition) is 1. The Morgan fingerprint density at radius 3 is 3.14 bits per heavy atom. The van der Waals surface area contributed by atoms with Crippen molar-refractivity contribution in [1.82, 2.24) is 4.98 Å². The third-order valence-electron chi connectivity index (χ3n) is 2.06. The fourth-order valence-corrected chi connectivity index (χ4v) is 1.42. The number of nitrogens with one attached hydrogen (secondary N) is 1. The normalized spacial score (nSPS) is 9.64. The Bertz CT molecular complexity index is 478. The van der Waals surface area contributed by atoms with Gasteiger partial charge in [-0.3, -0.25) is 4.98 Å². The fraction of sp³-hybridized carbons (Fsp3) is 0.0833. The van der Waals surface area contributed by atoms with E-state index in [-0.39, 0.29) is 0 Å². The van der Waals surface area contributed by atoms with Gasteiger partial charge in [-0.2, -0.15) is 0 Å². The summed E-state index contributed by atoms with van der Waals surface area (Å²) >= 11 is 0. The van der Waals surface area contributed by atoms with Gasteiger partial charge in [0, 0.05) is 28.9 Å². The molecule has 0 saturated heterocycles. The van der Waals surface area contributed by atoms with Gasteiger partial charge in [0.1, 0.15) is 0 Å². The molecule has 0 spiro atoms. The summed E-state index contributed by atoms with van der Waals surface area (Å²) in [6.45, 7) is 0.543. The lowest BCUT2D eigenvalue weighted by Gasteiger charge is -2.06. The van der Waals surface area contributed by atoms with Crippen molar-refractivity contribution in [1.29, 1.82) is 0 Å². The minimum Gasteiger partial charge on any atom is -0.374 e. The second kappa shape index (κ2) is 3.80. The maximum atomic E-state index is 5.20. The van der Waals surface area contributed by atoms with E-state index in [1.165, 1.54) is 0 Å². The summed E-state index contributed by atoms with van der Waals surface area (Å²) in [4.78, 5) is 4.07. The third-order valence-corrected chi connectivity index (χ3v) is 2.06. The largest absolute Gasteiger partial charge is 0.374 e. The van der Waals surface area contributed by atoms with E-state index in [1.807, 2.05) is 30.5 Å². The zero-order valence-corrected chi connectivity index (χ0v) is 7.70. The van der Waals surface area contributed by atoms with Crippen LogP contribution in [0.4, 0.5) is 5.69 Å². The van der Waals surface area contributed by atoms with E-state index in [9.17, 15) is 0 Å². The zero-order valence-electron chi connectivity index (χ0n) is 7.70. The molecule has 1 aromatic carbocycles. The van der Waals surface area contributed by atoms with Gasteiger partial charge in [0.05, 0.1) is 6.54 Å². The molecule has 0 bridgehead atoms. The van der Waals surface area contributed by atoms with Crippen LogP contribution in [0.25, 0.3) is 10.8 Å². The Morgan fingerprint density at radius 2 is 2.29 bits per heavy atom. The van der Waals surface area contributed by atoms with E-state index in [1.54, 1.807) is 6.20 Å². The molecule has 0 aliphatic heterocycles. The first-order valence-corrected chi connectivity index (χ1v) is 4.42. The van der Waals surface area contributed by atoms with E-state index >= 15 is 0 Å². The topological polar surface area (TPSA) is 24.9 Å². The summed E-state index contributed by atoms with van der Waals surface area (Å²) < 4.78 is 0. The van der Waals surface area contributed by atoms with Crippen LogP contribution in [0.2, 0.25) is 0 Å². The molecule has 0 radical (unpaired) electrons. The van der Waals surface area contributed by atoms with E-state index < -0.39 is 0 Å². The van der Waals surface area contributed by atoms with Crippen LogP contribution in [0.1, 0.15) is 0 Å². The minimum atomic E-state index is 0.543. The number of terminal acetylenes is 1. The lowest BCUT2D eigenvalue weighted by Crippen LogP contribution is -1.98. The molecule has 1 heterocycles. The van der Waals surface area contributed by atoms with Crippen molar-refractivity contribution >= 4 is 16.5 Å². The van der Waals surface area contributed by atoms with Crippen molar-refractivity contribution in [2.45, 2.75) is 0 Å². The number of aromatic nitrogens is 1. The number of fused-ring (bicyclic) bond motifs is 1. The monoisotopic (exact) mass is 182 g/mol. The maximum Gasteiger partial charge on any atom is 0.0763 e. The molecule has 1 aromatic heterocycles. The molecule has 2 rings (SSSR count). The Morgan fingerprint density at radius 1 is 1.36 bits per heavy atom. The first-order valence-electron chi connectivity index (χ1n) is 4.42. The molecule has 1 N–H and O–H groups in total. The molecule has 2 aromatic rings. The summed E-state index contributed by atoms with van der Waals surface area (Å²) in [5.41, 5.74) is 1.06. The van der Waals surface area contributed by atoms with Gasteiger partial charge in [0.2, 0.25) is 0 Å². The van der Waals surface area contributed by atoms with Gasteiger partial charge >= 0.3 is 0 Å². The summed E-state index contributed by atoms with van der Waals surface area (Å²) in [5, 5.41) is 5.44. The summed E-state index contributed by atoms with van der Waals surface area (Å²) in [5.74, 6) is 2.55. The SMILES string of the molecule is C#CCNc1cccc2cnccc12. The first kappa shape index (κ1) is 8.58. The molecule has 0 aliphatic rings. The highest BCUT2D eigenvalue weighted by atomic mass is 14.9. The average Bonchev–Trinajstić information content (AvgIpc) is 2.26. The maximum absolute atomic E-state index is 5.20. The van der Waals surface area contributed by atoms with Crippen LogP contribution in [0.15, 0.2) is 36.7 Å². The van der Waals surface area contributed by atoms with Crippen LogP contribution < -0.4 is 5.32 Å². The van der Waals surface area contributed by atoms with Crippen LogP contribution in [0, 0.1) is 12.3 Å². The quantitative estimate of drug-likeness (QED) is 0.721. The average molecular weight is 182 g/mol. The lowest BCUT2D eigenvalue weighted by molar-refractivity contribution is 1.35. The standard InChI is InChI=1S/C12H10N2/c1-2-7-14-12-5-3-4-10-9-13-8-6-11(10)12/h1,3-6,8-9,14H,7H2. The Kier molecular flexibility index (Phi) is 2.33. The van der Waals surface area contributed by atoms with Gasteiger partial charge in [-0.15, -0.1) is 6.42 Å². The third kappa shape index (κ3) is 1.53. The molecule has 0 fully saturated rings. The van der Waals surface area contributed by atoms with E-state index in [4.69, 9.17) is 6.42 Å². The van der Waals surface area contributed by atoms with Crippen molar-refractivity contribution < 1.29 is 0 Å². The van der Waals surface area contributed by atoms with Crippen molar-refractivity contribution in [2.24, 2.45) is 0 Å². The van der Waals surface area contributed by atoms with Crippen molar-refractivity contribution in [3.8, 4) is 12.3 Å². The summed E-state index contributed by atoms with van der Waals surface area (Å²) in [6.07, 6.45) is 8.82. The molecule has 68 valence electrons. The summed E-state index contributed by atoms with van der Waals surface area (Å²) in [6, 6.07) is 8.01. The predicted octanol–water partition coefficient (Wildman–Crippen LogP) is 2.28. The van der Waals surface area contributed by atoms with Gasteiger partial charge in [0.25, 0.3) is 0 Å². The highest BCUT2D eigenvalue weighted by Crippen LogP contribution is 2.21. The number of pyridine rings is 1. The Balaban J connectivity index is 2.49. The molecular weight excluding hydrogens is 172 g/mol.